The van der Waals surface area contributed by atoms with E-state index in [1.54, 1.807) is 12.1 Å². The maximum atomic E-state index is 11.0. The summed E-state index contributed by atoms with van der Waals surface area (Å²) in [6.07, 6.45) is 0.865. The molecule has 0 bridgehead atoms. The van der Waals surface area contributed by atoms with Gasteiger partial charge in [-0.25, -0.2) is 13.6 Å². The summed E-state index contributed by atoms with van der Waals surface area (Å²) in [6.45, 7) is 2.00. The van der Waals surface area contributed by atoms with Crippen molar-refractivity contribution in [2.45, 2.75) is 18.2 Å². The first-order valence-corrected chi connectivity index (χ1v) is 6.10. The molecule has 5 heteroatoms. The van der Waals surface area contributed by atoms with E-state index in [9.17, 15) is 8.42 Å². The number of primary sulfonamides is 1. The van der Waals surface area contributed by atoms with Gasteiger partial charge in [0.15, 0.2) is 0 Å². The third-order valence-corrected chi connectivity index (χ3v) is 3.60. The minimum Gasteiger partial charge on any atom is -0.225 e. The number of nitrogens with two attached hydrogens (primary N) is 1. The van der Waals surface area contributed by atoms with Crippen LogP contribution in [0.2, 0.25) is 0 Å². The van der Waals surface area contributed by atoms with E-state index in [0.717, 1.165) is 12.0 Å². The molecule has 0 saturated carbocycles. The van der Waals surface area contributed by atoms with Crippen LogP contribution in [0.4, 0.5) is 0 Å². The average molecular weight is 264 g/mol. The summed E-state index contributed by atoms with van der Waals surface area (Å²) in [6, 6.07) is 5.03. The fourth-order valence-electron chi connectivity index (χ4n) is 0.995. The predicted octanol–water partition coefficient (Wildman–Crippen LogP) is 1.66. The Morgan fingerprint density at radius 2 is 2.08 bits per heavy atom. The molecule has 72 valence electrons. The van der Waals surface area contributed by atoms with Crippen LogP contribution in [0.1, 0.15) is 12.5 Å². The lowest BCUT2D eigenvalue weighted by molar-refractivity contribution is 0.597. The molecule has 0 amide bonds. The standard InChI is InChI=1S/C8H10BrNO2S/c1-2-6-3-4-8(7(9)5-6)13(10,11)12/h3-5H,2H2,1H3,(H2,10,11,12). The van der Waals surface area contributed by atoms with E-state index in [1.165, 1.54) is 6.07 Å². The summed E-state index contributed by atoms with van der Waals surface area (Å²) in [5.74, 6) is 0. The van der Waals surface area contributed by atoms with Gasteiger partial charge in [-0.3, -0.25) is 0 Å². The van der Waals surface area contributed by atoms with Gasteiger partial charge in [-0.2, -0.15) is 0 Å². The molecule has 1 aromatic carbocycles. The Bertz CT molecular complexity index is 414. The van der Waals surface area contributed by atoms with Crippen molar-refractivity contribution in [1.29, 1.82) is 0 Å². The second-order valence-corrected chi connectivity index (χ2v) is 5.05. The second kappa shape index (κ2) is 3.77. The van der Waals surface area contributed by atoms with Crippen LogP contribution in [0.5, 0.6) is 0 Å². The van der Waals surface area contributed by atoms with Crippen LogP contribution in [0.15, 0.2) is 27.6 Å². The number of rotatable bonds is 2. The minimum absolute atomic E-state index is 0.129. The summed E-state index contributed by atoms with van der Waals surface area (Å²) < 4.78 is 22.5. The highest BCUT2D eigenvalue weighted by Crippen LogP contribution is 2.22. The van der Waals surface area contributed by atoms with Crippen LogP contribution in [0.3, 0.4) is 0 Å². The molecule has 1 rings (SSSR count). The molecule has 0 saturated heterocycles. The molecule has 2 N–H and O–H groups in total. The monoisotopic (exact) mass is 263 g/mol. The normalized spacial score (nSPS) is 11.6. The Kier molecular flexibility index (Phi) is 3.10. The first-order valence-electron chi connectivity index (χ1n) is 3.76. The van der Waals surface area contributed by atoms with Crippen molar-refractivity contribution >= 4 is 26.0 Å². The molecular formula is C8H10BrNO2S. The molecule has 0 atom stereocenters. The van der Waals surface area contributed by atoms with Crippen LogP contribution >= 0.6 is 15.9 Å². The molecule has 1 aromatic rings. The van der Waals surface area contributed by atoms with Gasteiger partial charge < -0.3 is 0 Å². The third-order valence-electron chi connectivity index (χ3n) is 1.71. The molecule has 0 fully saturated rings. The zero-order valence-corrected chi connectivity index (χ0v) is 9.52. The zero-order chi connectivity index (χ0) is 10.1. The first-order chi connectivity index (χ1) is 5.95. The van der Waals surface area contributed by atoms with Gasteiger partial charge in [0, 0.05) is 4.47 Å². The molecule has 0 radical (unpaired) electrons. The molecule has 0 aliphatic rings. The van der Waals surface area contributed by atoms with Crippen molar-refractivity contribution in [2.24, 2.45) is 5.14 Å². The molecular weight excluding hydrogens is 254 g/mol. The summed E-state index contributed by atoms with van der Waals surface area (Å²) >= 11 is 3.16. The number of hydrogen-bond acceptors (Lipinski definition) is 2. The van der Waals surface area contributed by atoms with Gasteiger partial charge in [0.2, 0.25) is 10.0 Å². The molecule has 0 heterocycles. The minimum atomic E-state index is -3.61. The average Bonchev–Trinajstić information content (AvgIpc) is 2.01. The molecule has 13 heavy (non-hydrogen) atoms. The molecule has 0 aliphatic heterocycles. The molecule has 0 aliphatic carbocycles. The predicted molar refractivity (Wildman–Crippen MR) is 54.9 cm³/mol. The van der Waals surface area contributed by atoms with E-state index in [-0.39, 0.29) is 4.90 Å². The Morgan fingerprint density at radius 1 is 1.46 bits per heavy atom. The smallest absolute Gasteiger partial charge is 0.225 e. The summed E-state index contributed by atoms with van der Waals surface area (Å²) in [4.78, 5) is 0.129. The molecule has 0 aromatic heterocycles. The van der Waals surface area contributed by atoms with E-state index in [4.69, 9.17) is 5.14 Å². The highest BCUT2D eigenvalue weighted by molar-refractivity contribution is 9.10. The van der Waals surface area contributed by atoms with Crippen molar-refractivity contribution in [1.82, 2.24) is 0 Å². The molecule has 3 nitrogen and oxygen atoms in total. The summed E-state index contributed by atoms with van der Waals surface area (Å²) in [5.41, 5.74) is 1.07. The van der Waals surface area contributed by atoms with Crippen molar-refractivity contribution in [3.63, 3.8) is 0 Å². The van der Waals surface area contributed by atoms with Crippen molar-refractivity contribution in [3.05, 3.63) is 28.2 Å². The van der Waals surface area contributed by atoms with E-state index in [1.807, 2.05) is 6.92 Å². The SMILES string of the molecule is CCc1ccc(S(N)(=O)=O)c(Br)c1. The van der Waals surface area contributed by atoms with E-state index >= 15 is 0 Å². The third kappa shape index (κ3) is 2.52. The lowest BCUT2D eigenvalue weighted by Crippen LogP contribution is -2.12. The summed E-state index contributed by atoms with van der Waals surface area (Å²) in [5, 5.41) is 4.99. The lowest BCUT2D eigenvalue weighted by Gasteiger charge is -2.03. The summed E-state index contributed by atoms with van der Waals surface area (Å²) in [7, 11) is -3.61. The van der Waals surface area contributed by atoms with E-state index < -0.39 is 10.0 Å². The number of sulfonamides is 1. The maximum absolute atomic E-state index is 11.0. The number of halogens is 1. The van der Waals surface area contributed by atoms with Gasteiger partial charge in [-0.1, -0.05) is 13.0 Å². The van der Waals surface area contributed by atoms with Gasteiger partial charge in [0.25, 0.3) is 0 Å². The zero-order valence-electron chi connectivity index (χ0n) is 7.12. The maximum Gasteiger partial charge on any atom is 0.239 e. The Labute approximate surface area is 86.1 Å². The lowest BCUT2D eigenvalue weighted by atomic mass is 10.2. The molecule has 0 spiro atoms. The fourth-order valence-corrected chi connectivity index (χ4v) is 2.69. The van der Waals surface area contributed by atoms with Crippen LogP contribution in [-0.4, -0.2) is 8.42 Å². The van der Waals surface area contributed by atoms with Gasteiger partial charge in [-0.15, -0.1) is 0 Å². The van der Waals surface area contributed by atoms with Crippen LogP contribution in [0, 0.1) is 0 Å². The van der Waals surface area contributed by atoms with Gasteiger partial charge >= 0.3 is 0 Å². The van der Waals surface area contributed by atoms with Gasteiger partial charge in [0.1, 0.15) is 0 Å². The Morgan fingerprint density at radius 3 is 2.46 bits per heavy atom. The Balaban J connectivity index is 3.29. The van der Waals surface area contributed by atoms with Crippen LogP contribution in [0.25, 0.3) is 0 Å². The van der Waals surface area contributed by atoms with Crippen molar-refractivity contribution in [3.8, 4) is 0 Å². The fraction of sp³-hybridized carbons (Fsp3) is 0.250. The number of aryl methyl sites for hydroxylation is 1. The Hall–Kier alpha value is -0.390. The topological polar surface area (TPSA) is 60.2 Å². The quantitative estimate of drug-likeness (QED) is 0.883. The van der Waals surface area contributed by atoms with Gasteiger partial charge in [0.05, 0.1) is 4.90 Å². The highest BCUT2D eigenvalue weighted by atomic mass is 79.9. The largest absolute Gasteiger partial charge is 0.239 e. The number of hydrogen-bond donors (Lipinski definition) is 1. The van der Waals surface area contributed by atoms with E-state index in [2.05, 4.69) is 15.9 Å². The van der Waals surface area contributed by atoms with Crippen molar-refractivity contribution < 1.29 is 8.42 Å². The van der Waals surface area contributed by atoms with Crippen LogP contribution < -0.4 is 5.14 Å². The first kappa shape index (κ1) is 10.7. The van der Waals surface area contributed by atoms with Crippen molar-refractivity contribution in [2.75, 3.05) is 0 Å². The molecule has 0 unspecified atom stereocenters. The van der Waals surface area contributed by atoms with Crippen LogP contribution in [-0.2, 0) is 16.4 Å². The highest BCUT2D eigenvalue weighted by Gasteiger charge is 2.11. The number of benzene rings is 1. The van der Waals surface area contributed by atoms with Gasteiger partial charge in [-0.05, 0) is 40.0 Å². The second-order valence-electron chi connectivity index (χ2n) is 2.66. The van der Waals surface area contributed by atoms with E-state index in [0.29, 0.717) is 4.47 Å².